The topological polar surface area (TPSA) is 59.9 Å². The lowest BCUT2D eigenvalue weighted by atomic mass is 10.2. The van der Waals surface area contributed by atoms with Crippen molar-refractivity contribution in [2.24, 2.45) is 5.10 Å². The number of ether oxygens (including phenoxy) is 2. The Labute approximate surface area is 238 Å². The summed E-state index contributed by atoms with van der Waals surface area (Å²) in [5.41, 5.74) is 5.29. The van der Waals surface area contributed by atoms with Crippen LogP contribution in [0.5, 0.6) is 11.5 Å². The Kier molecular flexibility index (Phi) is 9.47. The first-order valence-corrected chi connectivity index (χ1v) is 13.0. The maximum atomic E-state index is 12.8. The highest BCUT2D eigenvalue weighted by atomic mass is 79.9. The van der Waals surface area contributed by atoms with Crippen LogP contribution in [0.1, 0.15) is 27.0 Å². The van der Waals surface area contributed by atoms with Crippen LogP contribution >= 0.6 is 50.7 Å². The van der Waals surface area contributed by atoms with Crippen molar-refractivity contribution in [1.29, 1.82) is 0 Å². The summed E-state index contributed by atoms with van der Waals surface area (Å²) >= 11 is 21.9. The molecule has 0 fully saturated rings. The van der Waals surface area contributed by atoms with Crippen LogP contribution in [0.2, 0.25) is 15.1 Å². The lowest BCUT2D eigenvalue weighted by Crippen LogP contribution is -2.18. The zero-order valence-electron chi connectivity index (χ0n) is 19.3. The Morgan fingerprint density at radius 1 is 0.811 bits per heavy atom. The quantitative estimate of drug-likeness (QED) is 0.152. The van der Waals surface area contributed by atoms with E-state index in [9.17, 15) is 4.79 Å². The second kappa shape index (κ2) is 13.0. The molecule has 0 saturated heterocycles. The number of rotatable bonds is 9. The van der Waals surface area contributed by atoms with Crippen LogP contribution in [0.15, 0.2) is 94.5 Å². The van der Waals surface area contributed by atoms with Crippen LogP contribution < -0.4 is 14.9 Å². The molecule has 0 radical (unpaired) electrons. The summed E-state index contributed by atoms with van der Waals surface area (Å²) in [6, 6.07) is 25.1. The zero-order valence-corrected chi connectivity index (χ0v) is 23.1. The molecule has 1 amide bonds. The minimum absolute atomic E-state index is 0.183. The predicted octanol–water partition coefficient (Wildman–Crippen LogP) is 8.33. The van der Waals surface area contributed by atoms with Crippen molar-refractivity contribution in [2.45, 2.75) is 13.2 Å². The number of amides is 1. The molecule has 0 bridgehead atoms. The summed E-state index contributed by atoms with van der Waals surface area (Å²) in [6.07, 6.45) is 1.54. The number of nitrogens with one attached hydrogen (secondary N) is 1. The average molecular weight is 619 g/mol. The predicted molar refractivity (Wildman–Crippen MR) is 152 cm³/mol. The van der Waals surface area contributed by atoms with Crippen LogP contribution in [0.25, 0.3) is 0 Å². The highest BCUT2D eigenvalue weighted by Gasteiger charge is 2.12. The molecule has 0 atom stereocenters. The SMILES string of the molecule is O=C(N/N=C/c1ccc(OCc2ccccc2Cl)c(Br)c1)c1ccccc1OCc1ccc(Cl)cc1Cl. The molecule has 37 heavy (non-hydrogen) atoms. The van der Waals surface area contributed by atoms with Gasteiger partial charge in [0.1, 0.15) is 24.7 Å². The summed E-state index contributed by atoms with van der Waals surface area (Å²) in [5.74, 6) is 0.657. The first kappa shape index (κ1) is 27.0. The van der Waals surface area contributed by atoms with E-state index in [0.29, 0.717) is 38.7 Å². The number of halogens is 4. The van der Waals surface area contributed by atoms with E-state index < -0.39 is 5.91 Å². The summed E-state index contributed by atoms with van der Waals surface area (Å²) in [6.45, 7) is 0.524. The summed E-state index contributed by atoms with van der Waals surface area (Å²) in [4.78, 5) is 12.8. The Morgan fingerprint density at radius 2 is 1.51 bits per heavy atom. The number of hydrogen-bond acceptors (Lipinski definition) is 4. The number of carbonyl (C=O) groups excluding carboxylic acids is 1. The average Bonchev–Trinajstić information content (AvgIpc) is 2.89. The molecule has 0 aromatic heterocycles. The second-order valence-electron chi connectivity index (χ2n) is 7.79. The summed E-state index contributed by atoms with van der Waals surface area (Å²) < 4.78 is 12.5. The molecule has 0 unspecified atom stereocenters. The van der Waals surface area contributed by atoms with Crippen molar-refractivity contribution in [3.05, 3.63) is 127 Å². The largest absolute Gasteiger partial charge is 0.488 e. The number of carbonyl (C=O) groups is 1. The normalized spacial score (nSPS) is 10.9. The third-order valence-electron chi connectivity index (χ3n) is 5.21. The molecule has 5 nitrogen and oxygen atoms in total. The van der Waals surface area contributed by atoms with Crippen molar-refractivity contribution in [1.82, 2.24) is 5.43 Å². The molecular weight excluding hydrogens is 599 g/mol. The molecular formula is C28H20BrCl3N2O3. The van der Waals surface area contributed by atoms with Crippen molar-refractivity contribution < 1.29 is 14.3 Å². The van der Waals surface area contributed by atoms with E-state index in [1.54, 1.807) is 42.5 Å². The lowest BCUT2D eigenvalue weighted by molar-refractivity contribution is 0.0950. The molecule has 1 N–H and O–H groups in total. The van der Waals surface area contributed by atoms with Crippen LogP contribution in [-0.4, -0.2) is 12.1 Å². The van der Waals surface area contributed by atoms with Crippen LogP contribution in [-0.2, 0) is 13.2 Å². The minimum atomic E-state index is -0.409. The van der Waals surface area contributed by atoms with E-state index in [0.717, 1.165) is 21.2 Å². The van der Waals surface area contributed by atoms with Crippen molar-refractivity contribution >= 4 is 62.9 Å². The van der Waals surface area contributed by atoms with Crippen LogP contribution in [0, 0.1) is 0 Å². The van der Waals surface area contributed by atoms with Crippen LogP contribution in [0.4, 0.5) is 0 Å². The van der Waals surface area contributed by atoms with Gasteiger partial charge in [-0.15, -0.1) is 0 Å². The van der Waals surface area contributed by atoms with Gasteiger partial charge < -0.3 is 9.47 Å². The molecule has 0 aliphatic rings. The van der Waals surface area contributed by atoms with E-state index >= 15 is 0 Å². The van der Waals surface area contributed by atoms with E-state index in [1.165, 1.54) is 6.21 Å². The Balaban J connectivity index is 1.36. The summed E-state index contributed by atoms with van der Waals surface area (Å²) in [7, 11) is 0. The first-order chi connectivity index (χ1) is 17.9. The minimum Gasteiger partial charge on any atom is -0.488 e. The molecule has 0 spiro atoms. The standard InChI is InChI=1S/C28H20BrCl3N2O3/c29-23-13-18(9-12-27(23)37-16-19-5-1-3-7-24(19)31)15-33-34-28(35)22-6-2-4-8-26(22)36-17-20-10-11-21(30)14-25(20)32/h1-15H,16-17H2,(H,34,35)/b33-15+. The Hall–Kier alpha value is -3.03. The fourth-order valence-corrected chi connectivity index (χ4v) is 4.45. The van der Waals surface area contributed by atoms with Gasteiger partial charge in [0, 0.05) is 26.2 Å². The third-order valence-corrected chi connectivity index (χ3v) is 6.78. The number of hydrogen-bond donors (Lipinski definition) is 1. The van der Waals surface area contributed by atoms with Gasteiger partial charge in [-0.3, -0.25) is 4.79 Å². The number of benzene rings is 4. The van der Waals surface area contributed by atoms with Crippen molar-refractivity contribution in [3.63, 3.8) is 0 Å². The van der Waals surface area contributed by atoms with Gasteiger partial charge in [0.15, 0.2) is 0 Å². The highest BCUT2D eigenvalue weighted by molar-refractivity contribution is 9.10. The van der Waals surface area contributed by atoms with E-state index in [4.69, 9.17) is 44.3 Å². The molecule has 0 saturated carbocycles. The van der Waals surface area contributed by atoms with Crippen LogP contribution in [0.3, 0.4) is 0 Å². The molecule has 0 aliphatic heterocycles. The zero-order chi connectivity index (χ0) is 26.2. The van der Waals surface area contributed by atoms with E-state index in [2.05, 4.69) is 26.5 Å². The maximum absolute atomic E-state index is 12.8. The smallest absolute Gasteiger partial charge is 0.275 e. The van der Waals surface area contributed by atoms with Gasteiger partial charge in [-0.2, -0.15) is 5.10 Å². The Morgan fingerprint density at radius 3 is 2.27 bits per heavy atom. The van der Waals surface area contributed by atoms with Gasteiger partial charge in [-0.25, -0.2) is 5.43 Å². The van der Waals surface area contributed by atoms with Crippen molar-refractivity contribution in [2.75, 3.05) is 0 Å². The van der Waals surface area contributed by atoms with Gasteiger partial charge in [0.05, 0.1) is 16.3 Å². The fraction of sp³-hybridized carbons (Fsp3) is 0.0714. The molecule has 9 heteroatoms. The third kappa shape index (κ3) is 7.49. The molecule has 0 aliphatic carbocycles. The van der Waals surface area contributed by atoms with Gasteiger partial charge in [-0.05, 0) is 70.0 Å². The monoisotopic (exact) mass is 616 g/mol. The van der Waals surface area contributed by atoms with E-state index in [-0.39, 0.29) is 6.61 Å². The molecule has 4 aromatic carbocycles. The van der Waals surface area contributed by atoms with Gasteiger partial charge in [0.25, 0.3) is 5.91 Å². The van der Waals surface area contributed by atoms with E-state index in [1.807, 2.05) is 42.5 Å². The maximum Gasteiger partial charge on any atom is 0.275 e. The number of para-hydroxylation sites is 1. The number of nitrogens with zero attached hydrogens (tertiary/aromatic N) is 1. The first-order valence-electron chi connectivity index (χ1n) is 11.1. The second-order valence-corrected chi connectivity index (χ2v) is 9.89. The molecule has 188 valence electrons. The van der Waals surface area contributed by atoms with Gasteiger partial charge >= 0.3 is 0 Å². The van der Waals surface area contributed by atoms with Crippen molar-refractivity contribution in [3.8, 4) is 11.5 Å². The molecule has 4 rings (SSSR count). The van der Waals surface area contributed by atoms with Gasteiger partial charge in [-0.1, -0.05) is 71.2 Å². The number of hydrazone groups is 1. The van der Waals surface area contributed by atoms with Gasteiger partial charge in [0.2, 0.25) is 0 Å². The fourth-order valence-electron chi connectivity index (χ4n) is 3.29. The summed E-state index contributed by atoms with van der Waals surface area (Å²) in [5, 5.41) is 5.76. The molecule has 0 heterocycles. The highest BCUT2D eigenvalue weighted by Crippen LogP contribution is 2.28. The lowest BCUT2D eigenvalue weighted by Gasteiger charge is -2.11. The molecule has 4 aromatic rings. The Bertz CT molecular complexity index is 1450.